The fourth-order valence-electron chi connectivity index (χ4n) is 3.13. The van der Waals surface area contributed by atoms with E-state index in [1.54, 1.807) is 12.1 Å². The van der Waals surface area contributed by atoms with Crippen molar-refractivity contribution in [1.29, 1.82) is 0 Å². The van der Waals surface area contributed by atoms with Gasteiger partial charge in [0, 0.05) is 5.56 Å². The zero-order chi connectivity index (χ0) is 20.4. The second kappa shape index (κ2) is 8.23. The van der Waals surface area contributed by atoms with Crippen LogP contribution < -0.4 is 4.74 Å². The van der Waals surface area contributed by atoms with Gasteiger partial charge in [-0.2, -0.15) is 0 Å². The van der Waals surface area contributed by atoms with E-state index in [-0.39, 0.29) is 0 Å². The zero-order valence-corrected chi connectivity index (χ0v) is 15.2. The molecule has 1 aliphatic heterocycles. The number of nitrogens with zero attached hydrogens (tertiary/aromatic N) is 3. The SMILES string of the molecule is OCC1O[C@H](Oc2ccc(-c3ccc(-c4nnn[nH]4)cc3)cc2)[C@H](O)C(O)[C@@H]1O. The van der Waals surface area contributed by atoms with Crippen LogP contribution in [0.15, 0.2) is 48.5 Å². The molecule has 1 saturated heterocycles. The first-order chi connectivity index (χ1) is 14.1. The van der Waals surface area contributed by atoms with Crippen LogP contribution in [-0.2, 0) is 4.74 Å². The number of hydrogen-bond donors (Lipinski definition) is 5. The van der Waals surface area contributed by atoms with Crippen molar-refractivity contribution in [2.24, 2.45) is 0 Å². The van der Waals surface area contributed by atoms with E-state index < -0.39 is 37.3 Å². The van der Waals surface area contributed by atoms with Crippen molar-refractivity contribution in [3.63, 3.8) is 0 Å². The van der Waals surface area contributed by atoms with Crippen LogP contribution in [0.1, 0.15) is 0 Å². The summed E-state index contributed by atoms with van der Waals surface area (Å²) in [5.41, 5.74) is 2.77. The minimum atomic E-state index is -1.48. The van der Waals surface area contributed by atoms with Gasteiger partial charge in [0.15, 0.2) is 5.82 Å². The second-order valence-corrected chi connectivity index (χ2v) is 6.67. The third-order valence-corrected chi connectivity index (χ3v) is 4.79. The number of H-pyrrole nitrogens is 1. The van der Waals surface area contributed by atoms with E-state index in [0.717, 1.165) is 16.7 Å². The molecule has 4 rings (SSSR count). The normalized spacial score (nSPS) is 27.0. The first kappa shape index (κ1) is 19.4. The van der Waals surface area contributed by atoms with Crippen LogP contribution >= 0.6 is 0 Å². The lowest BCUT2D eigenvalue weighted by atomic mass is 9.99. The van der Waals surface area contributed by atoms with E-state index in [1.807, 2.05) is 36.4 Å². The van der Waals surface area contributed by atoms with Crippen LogP contribution in [0.4, 0.5) is 0 Å². The second-order valence-electron chi connectivity index (χ2n) is 6.67. The number of rotatable bonds is 5. The summed E-state index contributed by atoms with van der Waals surface area (Å²) in [6, 6.07) is 14.7. The van der Waals surface area contributed by atoms with E-state index in [4.69, 9.17) is 9.47 Å². The molecule has 0 amide bonds. The Labute approximate surface area is 165 Å². The van der Waals surface area contributed by atoms with Gasteiger partial charge in [0.25, 0.3) is 0 Å². The van der Waals surface area contributed by atoms with Gasteiger partial charge in [-0.1, -0.05) is 36.4 Å². The topological polar surface area (TPSA) is 154 Å². The Balaban J connectivity index is 1.45. The molecule has 29 heavy (non-hydrogen) atoms. The van der Waals surface area contributed by atoms with Crippen molar-refractivity contribution in [3.05, 3.63) is 48.5 Å². The molecule has 0 radical (unpaired) electrons. The minimum Gasteiger partial charge on any atom is -0.462 e. The van der Waals surface area contributed by atoms with Crippen molar-refractivity contribution >= 4 is 0 Å². The maximum Gasteiger partial charge on any atom is 0.229 e. The van der Waals surface area contributed by atoms with Crippen LogP contribution in [0.25, 0.3) is 22.5 Å². The summed E-state index contributed by atoms with van der Waals surface area (Å²) in [5.74, 6) is 0.988. The molecule has 1 fully saturated rings. The summed E-state index contributed by atoms with van der Waals surface area (Å²) in [7, 11) is 0. The fourth-order valence-corrected chi connectivity index (χ4v) is 3.13. The molecule has 2 aromatic carbocycles. The van der Waals surface area contributed by atoms with Gasteiger partial charge in [-0.15, -0.1) is 5.10 Å². The van der Waals surface area contributed by atoms with Crippen molar-refractivity contribution in [3.8, 4) is 28.3 Å². The Bertz CT molecular complexity index is 917. The molecule has 2 heterocycles. The molecule has 10 heteroatoms. The maximum atomic E-state index is 10.1. The van der Waals surface area contributed by atoms with Gasteiger partial charge in [0.2, 0.25) is 6.29 Å². The van der Waals surface area contributed by atoms with Gasteiger partial charge < -0.3 is 29.9 Å². The van der Waals surface area contributed by atoms with Gasteiger partial charge in [0.1, 0.15) is 30.2 Å². The summed E-state index contributed by atoms with van der Waals surface area (Å²) in [6.07, 6.45) is -6.59. The number of aromatic nitrogens is 4. The number of aliphatic hydroxyl groups excluding tert-OH is 4. The van der Waals surface area contributed by atoms with Crippen LogP contribution in [0.5, 0.6) is 5.75 Å². The van der Waals surface area contributed by atoms with Crippen molar-refractivity contribution in [1.82, 2.24) is 20.6 Å². The quantitative estimate of drug-likeness (QED) is 0.389. The van der Waals surface area contributed by atoms with Gasteiger partial charge >= 0.3 is 0 Å². The minimum absolute atomic E-state index is 0.405. The first-order valence-corrected chi connectivity index (χ1v) is 8.98. The average molecular weight is 400 g/mol. The summed E-state index contributed by atoms with van der Waals surface area (Å²) < 4.78 is 10.9. The lowest BCUT2D eigenvalue weighted by Crippen LogP contribution is -2.60. The highest BCUT2D eigenvalue weighted by atomic mass is 16.7. The van der Waals surface area contributed by atoms with E-state index in [0.29, 0.717) is 11.6 Å². The molecule has 2 unspecified atom stereocenters. The Morgan fingerprint density at radius 3 is 2.07 bits per heavy atom. The molecule has 5 atom stereocenters. The molecule has 10 nitrogen and oxygen atoms in total. The third-order valence-electron chi connectivity index (χ3n) is 4.79. The number of nitrogens with one attached hydrogen (secondary N) is 1. The number of aromatic amines is 1. The molecule has 1 aliphatic rings. The molecule has 0 aliphatic carbocycles. The smallest absolute Gasteiger partial charge is 0.229 e. The lowest BCUT2D eigenvalue weighted by Gasteiger charge is -2.39. The van der Waals surface area contributed by atoms with E-state index in [2.05, 4.69) is 20.6 Å². The average Bonchev–Trinajstić information content (AvgIpc) is 3.30. The number of hydrogen-bond acceptors (Lipinski definition) is 9. The molecule has 0 saturated carbocycles. The number of tetrazole rings is 1. The Kier molecular flexibility index (Phi) is 5.51. The molecule has 1 aromatic heterocycles. The molecule has 3 aromatic rings. The summed E-state index contributed by atoms with van der Waals surface area (Å²) >= 11 is 0. The highest BCUT2D eigenvalue weighted by Gasteiger charge is 2.44. The number of benzene rings is 2. The van der Waals surface area contributed by atoms with Crippen LogP contribution in [0.2, 0.25) is 0 Å². The summed E-state index contributed by atoms with van der Waals surface area (Å²) in [4.78, 5) is 0. The third kappa shape index (κ3) is 3.97. The standard InChI is InChI=1S/C19H20N4O6/c24-9-14-15(25)16(26)17(27)19(29-14)28-13-7-5-11(6-8-13)10-1-3-12(4-2-10)18-20-22-23-21-18/h1-8,14-17,19,24-27H,9H2,(H,20,21,22,23)/t14?,15-,16?,17-,19+/m1/s1. The molecule has 0 bridgehead atoms. The fraction of sp³-hybridized carbons (Fsp3) is 0.316. The van der Waals surface area contributed by atoms with Crippen LogP contribution in [-0.4, -0.2) is 78.4 Å². The Morgan fingerprint density at radius 1 is 0.862 bits per heavy atom. The van der Waals surface area contributed by atoms with E-state index >= 15 is 0 Å². The highest BCUT2D eigenvalue weighted by Crippen LogP contribution is 2.27. The first-order valence-electron chi connectivity index (χ1n) is 8.98. The summed E-state index contributed by atoms with van der Waals surface area (Å²) in [6.45, 7) is -0.510. The Hall–Kier alpha value is -2.89. The van der Waals surface area contributed by atoms with Gasteiger partial charge in [0.05, 0.1) is 6.61 Å². The molecule has 0 spiro atoms. The lowest BCUT2D eigenvalue weighted by molar-refractivity contribution is -0.277. The van der Waals surface area contributed by atoms with Gasteiger partial charge in [-0.3, -0.25) is 0 Å². The van der Waals surface area contributed by atoms with Crippen LogP contribution in [0, 0.1) is 0 Å². The van der Waals surface area contributed by atoms with Crippen molar-refractivity contribution in [2.75, 3.05) is 6.61 Å². The largest absolute Gasteiger partial charge is 0.462 e. The summed E-state index contributed by atoms with van der Waals surface area (Å²) in [5, 5.41) is 52.7. The predicted octanol–water partition coefficient (Wildman–Crippen LogP) is -0.288. The Morgan fingerprint density at radius 2 is 1.48 bits per heavy atom. The van der Waals surface area contributed by atoms with Gasteiger partial charge in [-0.05, 0) is 33.7 Å². The molecular formula is C19H20N4O6. The highest BCUT2D eigenvalue weighted by molar-refractivity contribution is 5.68. The monoisotopic (exact) mass is 400 g/mol. The predicted molar refractivity (Wildman–Crippen MR) is 99.4 cm³/mol. The zero-order valence-electron chi connectivity index (χ0n) is 15.2. The van der Waals surface area contributed by atoms with E-state index in [9.17, 15) is 20.4 Å². The maximum absolute atomic E-state index is 10.1. The molecule has 5 N–H and O–H groups in total. The van der Waals surface area contributed by atoms with Crippen molar-refractivity contribution in [2.45, 2.75) is 30.7 Å². The van der Waals surface area contributed by atoms with Crippen molar-refractivity contribution < 1.29 is 29.9 Å². The number of aliphatic hydroxyl groups is 4. The number of ether oxygens (including phenoxy) is 2. The van der Waals surface area contributed by atoms with Gasteiger partial charge in [-0.25, -0.2) is 5.10 Å². The van der Waals surface area contributed by atoms with E-state index in [1.165, 1.54) is 0 Å². The van der Waals surface area contributed by atoms with Crippen LogP contribution in [0.3, 0.4) is 0 Å². The molecule has 152 valence electrons. The molecular weight excluding hydrogens is 380 g/mol.